The van der Waals surface area contributed by atoms with Crippen molar-refractivity contribution >= 4 is 5.97 Å². The number of hydrogen-bond donors (Lipinski definition) is 0. The minimum absolute atomic E-state index is 0.210. The van der Waals surface area contributed by atoms with E-state index < -0.39 is 0 Å². The molecule has 78 valence electrons. The largest absolute Gasteiger partial charge is 0.464 e. The van der Waals surface area contributed by atoms with Gasteiger partial charge >= 0.3 is 5.97 Å². The van der Waals surface area contributed by atoms with E-state index in [-0.39, 0.29) is 12.0 Å². The Kier molecular flexibility index (Phi) is 3.68. The molecule has 0 spiro atoms. The second kappa shape index (κ2) is 4.79. The maximum absolute atomic E-state index is 11.5. The topological polar surface area (TPSA) is 44.1 Å². The lowest BCUT2D eigenvalue weighted by Crippen LogP contribution is -2.21. The first-order valence-electron chi connectivity index (χ1n) is 4.86. The van der Waals surface area contributed by atoms with Crippen molar-refractivity contribution in [3.63, 3.8) is 0 Å². The number of hydrogen-bond acceptors (Lipinski definition) is 3. The van der Waals surface area contributed by atoms with Gasteiger partial charge in [0.1, 0.15) is 6.04 Å². The maximum atomic E-state index is 11.5. The van der Waals surface area contributed by atoms with Crippen LogP contribution < -0.4 is 0 Å². The van der Waals surface area contributed by atoms with Crippen LogP contribution in [0.3, 0.4) is 0 Å². The Morgan fingerprint density at radius 2 is 2.36 bits per heavy atom. The Hall–Kier alpha value is -1.32. The number of carbonyl (C=O) groups excluding carboxylic acids is 1. The number of nitrogens with zero attached hydrogens (tertiary/aromatic N) is 2. The monoisotopic (exact) mass is 196 g/mol. The highest BCUT2D eigenvalue weighted by Gasteiger charge is 2.19. The summed E-state index contributed by atoms with van der Waals surface area (Å²) in [5.41, 5.74) is 1.05. The first-order valence-corrected chi connectivity index (χ1v) is 4.86. The molecule has 0 aliphatic carbocycles. The van der Waals surface area contributed by atoms with Gasteiger partial charge in [0, 0.05) is 6.20 Å². The lowest BCUT2D eigenvalue weighted by Gasteiger charge is -2.13. The van der Waals surface area contributed by atoms with E-state index in [4.69, 9.17) is 4.74 Å². The fraction of sp³-hybridized carbons (Fsp3) is 0.600. The number of esters is 1. The minimum atomic E-state index is -0.288. The Balaban J connectivity index is 2.76. The fourth-order valence-corrected chi connectivity index (χ4v) is 1.30. The Bertz CT molecular complexity index is 307. The van der Waals surface area contributed by atoms with Gasteiger partial charge in [-0.3, -0.25) is 4.68 Å². The van der Waals surface area contributed by atoms with Crippen LogP contribution in [0.15, 0.2) is 12.4 Å². The van der Waals surface area contributed by atoms with Crippen LogP contribution in [0.25, 0.3) is 0 Å². The van der Waals surface area contributed by atoms with Crippen molar-refractivity contribution in [1.82, 2.24) is 9.78 Å². The smallest absolute Gasteiger partial charge is 0.330 e. The maximum Gasteiger partial charge on any atom is 0.330 e. The first-order chi connectivity index (χ1) is 6.69. The number of aryl methyl sites for hydroxylation is 1. The average molecular weight is 196 g/mol. The minimum Gasteiger partial charge on any atom is -0.464 e. The summed E-state index contributed by atoms with van der Waals surface area (Å²) in [5.74, 6) is -0.210. The van der Waals surface area contributed by atoms with Gasteiger partial charge in [-0.25, -0.2) is 4.79 Å². The van der Waals surface area contributed by atoms with Gasteiger partial charge < -0.3 is 4.74 Å². The first kappa shape index (κ1) is 10.8. The zero-order chi connectivity index (χ0) is 10.6. The van der Waals surface area contributed by atoms with Crippen LogP contribution in [0.4, 0.5) is 0 Å². The Morgan fingerprint density at radius 1 is 1.64 bits per heavy atom. The molecule has 0 bridgehead atoms. The molecule has 0 unspecified atom stereocenters. The molecular weight excluding hydrogens is 180 g/mol. The third kappa shape index (κ3) is 2.34. The van der Waals surface area contributed by atoms with Crippen LogP contribution in [0.1, 0.15) is 31.9 Å². The van der Waals surface area contributed by atoms with E-state index in [0.29, 0.717) is 13.0 Å². The lowest BCUT2D eigenvalue weighted by molar-refractivity contribution is -0.147. The highest BCUT2D eigenvalue weighted by molar-refractivity contribution is 5.73. The molecule has 1 atom stereocenters. The van der Waals surface area contributed by atoms with E-state index in [0.717, 1.165) is 5.56 Å². The quantitative estimate of drug-likeness (QED) is 0.688. The van der Waals surface area contributed by atoms with Gasteiger partial charge in [-0.1, -0.05) is 6.92 Å². The summed E-state index contributed by atoms with van der Waals surface area (Å²) in [6.45, 7) is 6.11. The zero-order valence-corrected chi connectivity index (χ0v) is 8.86. The van der Waals surface area contributed by atoms with Crippen molar-refractivity contribution in [1.29, 1.82) is 0 Å². The number of ether oxygens (including phenoxy) is 1. The van der Waals surface area contributed by atoms with Crippen LogP contribution in [-0.4, -0.2) is 22.4 Å². The lowest BCUT2D eigenvalue weighted by atomic mass is 10.2. The molecule has 0 saturated heterocycles. The molecule has 0 aromatic carbocycles. The molecule has 1 aromatic rings. The van der Waals surface area contributed by atoms with Crippen molar-refractivity contribution in [3.05, 3.63) is 18.0 Å². The van der Waals surface area contributed by atoms with Crippen molar-refractivity contribution in [2.45, 2.75) is 33.2 Å². The third-order valence-electron chi connectivity index (χ3n) is 2.00. The van der Waals surface area contributed by atoms with Crippen molar-refractivity contribution in [3.8, 4) is 0 Å². The predicted molar refractivity (Wildman–Crippen MR) is 52.9 cm³/mol. The van der Waals surface area contributed by atoms with Gasteiger partial charge in [0.05, 0.1) is 12.8 Å². The number of rotatable bonds is 4. The summed E-state index contributed by atoms with van der Waals surface area (Å²) in [6.07, 6.45) is 4.28. The molecule has 0 N–H and O–H groups in total. The van der Waals surface area contributed by atoms with Gasteiger partial charge in [0.2, 0.25) is 0 Å². The summed E-state index contributed by atoms with van der Waals surface area (Å²) in [7, 11) is 0. The van der Waals surface area contributed by atoms with Crippen LogP contribution in [0, 0.1) is 6.92 Å². The molecular formula is C10H16N2O2. The van der Waals surface area contributed by atoms with Gasteiger partial charge in [-0.2, -0.15) is 5.10 Å². The summed E-state index contributed by atoms with van der Waals surface area (Å²) in [6, 6.07) is -0.288. The molecule has 4 nitrogen and oxygen atoms in total. The molecule has 0 amide bonds. The van der Waals surface area contributed by atoms with E-state index >= 15 is 0 Å². The summed E-state index contributed by atoms with van der Waals surface area (Å²) in [4.78, 5) is 11.5. The molecule has 0 radical (unpaired) electrons. The molecule has 1 aromatic heterocycles. The normalized spacial score (nSPS) is 12.5. The summed E-state index contributed by atoms with van der Waals surface area (Å²) >= 11 is 0. The van der Waals surface area contributed by atoms with Crippen LogP contribution in [0.2, 0.25) is 0 Å². The van der Waals surface area contributed by atoms with E-state index in [9.17, 15) is 4.79 Å². The molecule has 0 aliphatic rings. The van der Waals surface area contributed by atoms with Crippen LogP contribution in [0.5, 0.6) is 0 Å². The molecule has 0 aliphatic heterocycles. The molecule has 1 heterocycles. The van der Waals surface area contributed by atoms with E-state index in [2.05, 4.69) is 5.10 Å². The van der Waals surface area contributed by atoms with Gasteiger partial charge in [-0.15, -0.1) is 0 Å². The van der Waals surface area contributed by atoms with Gasteiger partial charge in [-0.05, 0) is 25.8 Å². The highest BCUT2D eigenvalue weighted by Crippen LogP contribution is 2.12. The van der Waals surface area contributed by atoms with Crippen LogP contribution >= 0.6 is 0 Å². The summed E-state index contributed by atoms with van der Waals surface area (Å²) < 4.78 is 6.62. The zero-order valence-electron chi connectivity index (χ0n) is 8.86. The molecule has 4 heteroatoms. The highest BCUT2D eigenvalue weighted by atomic mass is 16.5. The van der Waals surface area contributed by atoms with E-state index in [1.165, 1.54) is 0 Å². The predicted octanol–water partition coefficient (Wildman–Crippen LogP) is 1.71. The van der Waals surface area contributed by atoms with Crippen molar-refractivity contribution in [2.75, 3.05) is 6.61 Å². The number of aromatic nitrogens is 2. The van der Waals surface area contributed by atoms with Crippen molar-refractivity contribution < 1.29 is 9.53 Å². The standard InChI is InChI=1S/C10H16N2O2/c1-4-9(10(13)14-5-2)12-7-8(3)6-11-12/h6-7,9H,4-5H2,1-3H3/t9-/m0/s1. The fourth-order valence-electron chi connectivity index (χ4n) is 1.30. The number of carbonyl (C=O) groups is 1. The Morgan fingerprint density at radius 3 is 2.79 bits per heavy atom. The van der Waals surface area contributed by atoms with Gasteiger partial charge in [0.25, 0.3) is 0 Å². The average Bonchev–Trinajstić information content (AvgIpc) is 2.54. The molecule has 14 heavy (non-hydrogen) atoms. The Labute approximate surface area is 83.9 Å². The van der Waals surface area contributed by atoms with E-state index in [1.54, 1.807) is 17.8 Å². The van der Waals surface area contributed by atoms with Crippen LogP contribution in [-0.2, 0) is 9.53 Å². The van der Waals surface area contributed by atoms with Crippen molar-refractivity contribution in [2.24, 2.45) is 0 Å². The molecule has 0 saturated carbocycles. The second-order valence-electron chi connectivity index (χ2n) is 3.17. The molecule has 1 rings (SSSR count). The second-order valence-corrected chi connectivity index (χ2v) is 3.17. The summed E-state index contributed by atoms with van der Waals surface area (Å²) in [5, 5.41) is 4.11. The molecule has 0 fully saturated rings. The SMILES string of the molecule is CCOC(=O)[C@H](CC)n1cc(C)cn1. The van der Waals surface area contributed by atoms with E-state index in [1.807, 2.05) is 20.0 Å². The third-order valence-corrected chi connectivity index (χ3v) is 2.00. The van der Waals surface area contributed by atoms with Gasteiger partial charge in [0.15, 0.2) is 0 Å².